The molecule has 4 aromatic rings. The summed E-state index contributed by atoms with van der Waals surface area (Å²) in [6.07, 6.45) is 2.21. The van der Waals surface area contributed by atoms with Crippen molar-refractivity contribution in [3.05, 3.63) is 59.8 Å². The SMILES string of the molecule is COc1cc(-c2c(F)ccc(CCCNS(=O)O)c2F)cc2c(N3CCOCC3)nc(-c3ccc(N)nc3)nc12. The number of aryl methyl sites for hydroxylation is 1. The van der Waals surface area contributed by atoms with Crippen LogP contribution in [-0.2, 0) is 22.4 Å². The van der Waals surface area contributed by atoms with Gasteiger partial charge in [0, 0.05) is 36.8 Å². The van der Waals surface area contributed by atoms with Crippen molar-refractivity contribution in [2.45, 2.75) is 12.8 Å². The Hall–Kier alpha value is -3.78. The van der Waals surface area contributed by atoms with Gasteiger partial charge in [-0.05, 0) is 54.3 Å². The van der Waals surface area contributed by atoms with E-state index in [1.807, 2.05) is 4.90 Å². The number of fused-ring (bicyclic) bond motifs is 1. The third-order valence-corrected chi connectivity index (χ3v) is 7.08. The molecule has 0 radical (unpaired) electrons. The van der Waals surface area contributed by atoms with Crippen LogP contribution in [0.4, 0.5) is 20.4 Å². The number of methoxy groups -OCH3 is 1. The second-order valence-electron chi connectivity index (χ2n) is 9.16. The van der Waals surface area contributed by atoms with Crippen LogP contribution < -0.4 is 20.1 Å². The average Bonchev–Trinajstić information content (AvgIpc) is 2.96. The summed E-state index contributed by atoms with van der Waals surface area (Å²) < 4.78 is 64.2. The highest BCUT2D eigenvalue weighted by molar-refractivity contribution is 7.77. The molecule has 3 heterocycles. The highest BCUT2D eigenvalue weighted by atomic mass is 32.2. The van der Waals surface area contributed by atoms with Crippen molar-refractivity contribution in [2.24, 2.45) is 0 Å². The number of hydrogen-bond donors (Lipinski definition) is 3. The molecule has 210 valence electrons. The molecule has 1 fully saturated rings. The van der Waals surface area contributed by atoms with E-state index >= 15 is 8.78 Å². The average molecular weight is 571 g/mol. The van der Waals surface area contributed by atoms with Crippen LogP contribution in [0.5, 0.6) is 5.75 Å². The lowest BCUT2D eigenvalue weighted by atomic mass is 9.97. The molecule has 2 aromatic carbocycles. The Bertz CT molecular complexity index is 1550. The van der Waals surface area contributed by atoms with Crippen molar-refractivity contribution in [1.82, 2.24) is 19.7 Å². The summed E-state index contributed by atoms with van der Waals surface area (Å²) in [4.78, 5) is 15.8. The number of ether oxygens (including phenoxy) is 2. The highest BCUT2D eigenvalue weighted by Crippen LogP contribution is 2.39. The van der Waals surface area contributed by atoms with E-state index < -0.39 is 22.9 Å². The first kappa shape index (κ1) is 27.8. The molecular formula is C27H28F2N6O4S. The largest absolute Gasteiger partial charge is 0.494 e. The molecular weight excluding hydrogens is 542 g/mol. The van der Waals surface area contributed by atoms with Gasteiger partial charge in [-0.3, -0.25) is 4.55 Å². The zero-order chi connectivity index (χ0) is 28.2. The minimum Gasteiger partial charge on any atom is -0.494 e. The van der Waals surface area contributed by atoms with Crippen molar-refractivity contribution in [3.8, 4) is 28.3 Å². The Labute approximate surface area is 232 Å². The van der Waals surface area contributed by atoms with Gasteiger partial charge in [-0.15, -0.1) is 0 Å². The van der Waals surface area contributed by atoms with Gasteiger partial charge in [0.05, 0.1) is 25.9 Å². The predicted octanol–water partition coefficient (Wildman–Crippen LogP) is 3.72. The maximum atomic E-state index is 15.7. The van der Waals surface area contributed by atoms with Crippen LogP contribution in [0, 0.1) is 11.6 Å². The minimum absolute atomic E-state index is 0.198. The van der Waals surface area contributed by atoms with E-state index in [4.69, 9.17) is 29.7 Å². The first-order valence-electron chi connectivity index (χ1n) is 12.6. The highest BCUT2D eigenvalue weighted by Gasteiger charge is 2.23. The molecule has 1 aliphatic heterocycles. The Morgan fingerprint density at radius 2 is 1.95 bits per heavy atom. The first-order valence-corrected chi connectivity index (χ1v) is 13.7. The lowest BCUT2D eigenvalue weighted by Gasteiger charge is -2.29. The number of nitrogens with one attached hydrogen (secondary N) is 1. The Morgan fingerprint density at radius 3 is 2.65 bits per heavy atom. The van der Waals surface area contributed by atoms with Gasteiger partial charge in [-0.25, -0.2) is 32.7 Å². The molecule has 10 nitrogen and oxygen atoms in total. The summed E-state index contributed by atoms with van der Waals surface area (Å²) in [5.74, 6) is 0.254. The number of anilines is 2. The molecule has 0 amide bonds. The molecule has 0 spiro atoms. The van der Waals surface area contributed by atoms with Crippen molar-refractivity contribution >= 4 is 33.8 Å². The Kier molecular flexibility index (Phi) is 8.45. The molecule has 0 bridgehead atoms. The summed E-state index contributed by atoms with van der Waals surface area (Å²) in [7, 11) is 1.47. The number of aromatic nitrogens is 3. The molecule has 1 unspecified atom stereocenters. The van der Waals surface area contributed by atoms with Gasteiger partial charge < -0.3 is 20.1 Å². The summed E-state index contributed by atoms with van der Waals surface area (Å²) in [5, 5.41) is 0.572. The molecule has 4 N–H and O–H groups in total. The van der Waals surface area contributed by atoms with Crippen LogP contribution in [0.15, 0.2) is 42.6 Å². The van der Waals surface area contributed by atoms with Crippen LogP contribution in [0.1, 0.15) is 12.0 Å². The number of hydrogen-bond acceptors (Lipinski definition) is 8. The number of morpholine rings is 1. The smallest absolute Gasteiger partial charge is 0.231 e. The van der Waals surface area contributed by atoms with Crippen molar-refractivity contribution in [2.75, 3.05) is 50.6 Å². The van der Waals surface area contributed by atoms with Crippen LogP contribution in [0.3, 0.4) is 0 Å². The number of pyridine rings is 1. The zero-order valence-corrected chi connectivity index (χ0v) is 22.5. The number of halogens is 2. The quantitative estimate of drug-likeness (QED) is 0.203. The second-order valence-corrected chi connectivity index (χ2v) is 9.95. The van der Waals surface area contributed by atoms with Crippen LogP contribution in [0.25, 0.3) is 33.4 Å². The van der Waals surface area contributed by atoms with Gasteiger partial charge in [0.2, 0.25) is 11.3 Å². The van der Waals surface area contributed by atoms with Gasteiger partial charge in [-0.2, -0.15) is 0 Å². The topological polar surface area (TPSA) is 136 Å². The van der Waals surface area contributed by atoms with Gasteiger partial charge in [-0.1, -0.05) is 6.07 Å². The van der Waals surface area contributed by atoms with E-state index in [9.17, 15) is 4.21 Å². The minimum atomic E-state index is -2.15. The Balaban J connectivity index is 1.65. The van der Waals surface area contributed by atoms with E-state index in [1.165, 1.54) is 19.2 Å². The van der Waals surface area contributed by atoms with Crippen LogP contribution in [0.2, 0.25) is 0 Å². The van der Waals surface area contributed by atoms with E-state index in [-0.39, 0.29) is 29.7 Å². The lowest BCUT2D eigenvalue weighted by Crippen LogP contribution is -2.37. The van der Waals surface area contributed by atoms with E-state index in [1.54, 1.807) is 30.5 Å². The van der Waals surface area contributed by atoms with Gasteiger partial charge in [0.1, 0.15) is 34.5 Å². The first-order chi connectivity index (χ1) is 19.4. The molecule has 0 aliphatic carbocycles. The summed E-state index contributed by atoms with van der Waals surface area (Å²) in [6, 6.07) is 9.28. The standard InChI is InChI=1S/C27H28F2N6O4S/c1-38-21-14-18(23-20(28)6-4-16(24(23)29)3-2-8-32-40(36)37)13-19-25(21)33-26(17-5-7-22(30)31-15-17)34-27(19)35-9-11-39-12-10-35/h4-7,13-15,32H,2-3,8-12H2,1H3,(H2,30,31)(H,36,37). The van der Waals surface area contributed by atoms with Crippen molar-refractivity contribution in [3.63, 3.8) is 0 Å². The molecule has 40 heavy (non-hydrogen) atoms. The van der Waals surface area contributed by atoms with Crippen LogP contribution >= 0.6 is 0 Å². The predicted molar refractivity (Wildman–Crippen MR) is 149 cm³/mol. The second kappa shape index (κ2) is 12.2. The summed E-state index contributed by atoms with van der Waals surface area (Å²) in [6.45, 7) is 2.35. The van der Waals surface area contributed by atoms with E-state index in [2.05, 4.69) is 9.71 Å². The molecule has 0 saturated carbocycles. The Morgan fingerprint density at radius 1 is 1.15 bits per heavy atom. The fourth-order valence-electron chi connectivity index (χ4n) is 4.66. The maximum Gasteiger partial charge on any atom is 0.231 e. The van der Waals surface area contributed by atoms with E-state index in [0.717, 1.165) is 0 Å². The van der Waals surface area contributed by atoms with Crippen LogP contribution in [-0.4, -0.2) is 63.7 Å². The zero-order valence-electron chi connectivity index (χ0n) is 21.7. The number of nitrogens with two attached hydrogens (primary N) is 1. The monoisotopic (exact) mass is 570 g/mol. The maximum absolute atomic E-state index is 15.7. The number of nitrogen functional groups attached to an aromatic ring is 1. The van der Waals surface area contributed by atoms with E-state index in [0.29, 0.717) is 72.4 Å². The number of nitrogens with zero attached hydrogens (tertiary/aromatic N) is 4. The van der Waals surface area contributed by atoms with Gasteiger partial charge in [0.25, 0.3) is 0 Å². The third-order valence-electron chi connectivity index (χ3n) is 6.63. The number of rotatable bonds is 9. The molecule has 13 heteroatoms. The fraction of sp³-hybridized carbons (Fsp3) is 0.296. The van der Waals surface area contributed by atoms with Crippen molar-refractivity contribution < 1.29 is 27.0 Å². The fourth-order valence-corrected chi connectivity index (χ4v) is 4.98. The van der Waals surface area contributed by atoms with Crippen molar-refractivity contribution in [1.29, 1.82) is 0 Å². The molecule has 1 aliphatic rings. The van der Waals surface area contributed by atoms with Gasteiger partial charge >= 0.3 is 0 Å². The molecule has 1 saturated heterocycles. The molecule has 5 rings (SSSR count). The molecule has 1 atom stereocenters. The number of benzene rings is 2. The third kappa shape index (κ3) is 5.87. The normalized spacial score (nSPS) is 14.4. The van der Waals surface area contributed by atoms with Gasteiger partial charge in [0.15, 0.2) is 5.82 Å². The summed E-state index contributed by atoms with van der Waals surface area (Å²) >= 11 is -2.15. The summed E-state index contributed by atoms with van der Waals surface area (Å²) in [5.41, 5.74) is 7.26. The molecule has 2 aromatic heterocycles. The lowest BCUT2D eigenvalue weighted by molar-refractivity contribution is 0.122.